The molecule has 0 radical (unpaired) electrons. The highest BCUT2D eigenvalue weighted by Crippen LogP contribution is 2.37. The Morgan fingerprint density at radius 3 is 2.03 bits per heavy atom. The van der Waals surface area contributed by atoms with Crippen LogP contribution in [-0.4, -0.2) is 34.2 Å². The van der Waals surface area contributed by atoms with Crippen molar-refractivity contribution in [2.75, 3.05) is 10.6 Å². The highest BCUT2D eigenvalue weighted by atomic mass is 35.5. The number of amides is 2. The van der Waals surface area contributed by atoms with Crippen molar-refractivity contribution in [2.45, 2.75) is 29.1 Å². The number of carbonyl (C=O) groups excluding carboxylic acids is 2. The van der Waals surface area contributed by atoms with Crippen molar-refractivity contribution in [1.29, 1.82) is 0 Å². The molecule has 168 valence electrons. The molecule has 0 fully saturated rings. The number of rotatable bonds is 5. The Morgan fingerprint density at radius 1 is 0.968 bits per heavy atom. The summed E-state index contributed by atoms with van der Waals surface area (Å²) < 4.78 is 75.1. The second-order valence-corrected chi connectivity index (χ2v) is 7.79. The fraction of sp³-hybridized carbons (Fsp3) is 0.222. The molecular weight excluding hydrogens is 474 g/mol. The number of aliphatic hydroxyl groups is 1. The first kappa shape index (κ1) is 24.8. The Morgan fingerprint density at radius 2 is 1.55 bits per heavy atom. The molecule has 0 spiro atoms. The number of benzene rings is 2. The number of hydrogen-bond acceptors (Lipinski definition) is 4. The lowest BCUT2D eigenvalue weighted by molar-refractivity contribution is -0.242. The molecule has 3 N–H and O–H groups in total. The number of alkyl halides is 6. The third kappa shape index (κ3) is 6.52. The first-order valence-corrected chi connectivity index (χ1v) is 9.37. The van der Waals surface area contributed by atoms with Crippen LogP contribution < -0.4 is 10.6 Å². The minimum Gasteiger partial charge on any atom is -0.373 e. The van der Waals surface area contributed by atoms with E-state index in [0.717, 1.165) is 30.3 Å². The van der Waals surface area contributed by atoms with E-state index in [-0.39, 0.29) is 45.5 Å². The second-order valence-electron chi connectivity index (χ2n) is 6.25. The third-order valence-electron chi connectivity index (χ3n) is 3.82. The molecule has 13 heteroatoms. The summed E-state index contributed by atoms with van der Waals surface area (Å²) in [4.78, 5) is 23.9. The molecule has 0 saturated heterocycles. The molecule has 2 rings (SSSR count). The van der Waals surface area contributed by atoms with Crippen molar-refractivity contribution >= 4 is 46.6 Å². The Bertz CT molecular complexity index is 978. The van der Waals surface area contributed by atoms with E-state index in [1.807, 2.05) is 5.32 Å². The van der Waals surface area contributed by atoms with Crippen LogP contribution in [0.25, 0.3) is 0 Å². The van der Waals surface area contributed by atoms with Gasteiger partial charge in [0.05, 0.1) is 10.7 Å². The van der Waals surface area contributed by atoms with Crippen LogP contribution in [0, 0.1) is 0 Å². The van der Waals surface area contributed by atoms with Crippen LogP contribution in [0.5, 0.6) is 0 Å². The molecular formula is C18H13ClF6N2O3S. The van der Waals surface area contributed by atoms with Crippen molar-refractivity contribution in [3.8, 4) is 0 Å². The summed E-state index contributed by atoms with van der Waals surface area (Å²) >= 11 is 5.58. The standard InChI is InChI=1S/C18H13ClF6N2O3S/c1-16(30,17(20,21)22)15(29)27-13-7-2-9(8-12(13)19)14(28)26-10-3-5-11(6-4-10)31-18(23,24)25/h2-8,30H,1H3,(H,26,28)(H,27,29). The van der Waals surface area contributed by atoms with Gasteiger partial charge >= 0.3 is 11.7 Å². The molecule has 1 unspecified atom stereocenters. The molecule has 31 heavy (non-hydrogen) atoms. The molecule has 0 heterocycles. The van der Waals surface area contributed by atoms with E-state index >= 15 is 0 Å². The normalized spacial score (nSPS) is 14.0. The highest BCUT2D eigenvalue weighted by molar-refractivity contribution is 8.00. The Labute approximate surface area is 180 Å². The average molecular weight is 487 g/mol. The summed E-state index contributed by atoms with van der Waals surface area (Å²) in [6, 6.07) is 8.08. The zero-order valence-electron chi connectivity index (χ0n) is 15.4. The molecule has 2 aromatic carbocycles. The molecule has 1 atom stereocenters. The van der Waals surface area contributed by atoms with E-state index < -0.39 is 29.1 Å². The summed E-state index contributed by atoms with van der Waals surface area (Å²) in [5.41, 5.74) is -8.25. The van der Waals surface area contributed by atoms with Crippen molar-refractivity contribution in [2.24, 2.45) is 0 Å². The van der Waals surface area contributed by atoms with Crippen LogP contribution in [0.3, 0.4) is 0 Å². The molecule has 0 aromatic heterocycles. The number of anilines is 2. The number of thioether (sulfide) groups is 1. The summed E-state index contributed by atoms with van der Waals surface area (Å²) in [6.45, 7) is 0.274. The largest absolute Gasteiger partial charge is 0.446 e. The van der Waals surface area contributed by atoms with E-state index in [1.54, 1.807) is 0 Å². The fourth-order valence-corrected chi connectivity index (χ4v) is 2.84. The monoisotopic (exact) mass is 486 g/mol. The van der Waals surface area contributed by atoms with Gasteiger partial charge in [0.2, 0.25) is 5.60 Å². The molecule has 5 nitrogen and oxygen atoms in total. The molecule has 0 saturated carbocycles. The molecule has 0 bridgehead atoms. The van der Waals surface area contributed by atoms with Gasteiger partial charge in [0.25, 0.3) is 11.8 Å². The van der Waals surface area contributed by atoms with E-state index in [4.69, 9.17) is 11.6 Å². The molecule has 0 aliphatic heterocycles. The van der Waals surface area contributed by atoms with Crippen LogP contribution in [0.15, 0.2) is 47.4 Å². The van der Waals surface area contributed by atoms with E-state index in [2.05, 4.69) is 5.32 Å². The minimum absolute atomic E-state index is 0.0423. The van der Waals surface area contributed by atoms with Gasteiger partial charge in [-0.2, -0.15) is 26.3 Å². The lowest BCUT2D eigenvalue weighted by atomic mass is 10.1. The van der Waals surface area contributed by atoms with Crippen molar-refractivity contribution in [1.82, 2.24) is 0 Å². The van der Waals surface area contributed by atoms with Gasteiger partial charge in [-0.15, -0.1) is 0 Å². The summed E-state index contributed by atoms with van der Waals surface area (Å²) in [6.07, 6.45) is -5.22. The zero-order chi connectivity index (χ0) is 23.6. The Balaban J connectivity index is 2.09. The predicted octanol–water partition coefficient (Wildman–Crippen LogP) is 5.46. The highest BCUT2D eigenvalue weighted by Gasteiger charge is 2.55. The summed E-state index contributed by atoms with van der Waals surface area (Å²) in [5, 5.41) is 13.3. The van der Waals surface area contributed by atoms with Gasteiger partial charge in [0.15, 0.2) is 0 Å². The van der Waals surface area contributed by atoms with Crippen LogP contribution in [0.1, 0.15) is 17.3 Å². The van der Waals surface area contributed by atoms with Gasteiger partial charge in [0, 0.05) is 16.1 Å². The number of nitrogens with one attached hydrogen (secondary N) is 2. The maximum Gasteiger partial charge on any atom is 0.446 e. The number of carbonyl (C=O) groups is 2. The minimum atomic E-state index is -5.22. The van der Waals surface area contributed by atoms with Gasteiger partial charge in [-0.1, -0.05) is 11.6 Å². The smallest absolute Gasteiger partial charge is 0.373 e. The summed E-state index contributed by atoms with van der Waals surface area (Å²) in [7, 11) is 0. The Kier molecular flexibility index (Phi) is 7.18. The SMILES string of the molecule is CC(O)(C(=O)Nc1ccc(C(=O)Nc2ccc(SC(F)(F)F)cc2)cc1Cl)C(F)(F)F. The van der Waals surface area contributed by atoms with Gasteiger partial charge in [-0.25, -0.2) is 0 Å². The first-order chi connectivity index (χ1) is 14.1. The number of halogens is 7. The van der Waals surface area contributed by atoms with Crippen LogP contribution >= 0.6 is 23.4 Å². The van der Waals surface area contributed by atoms with Crippen molar-refractivity contribution in [3.63, 3.8) is 0 Å². The second kappa shape index (κ2) is 8.97. The average Bonchev–Trinajstić information content (AvgIpc) is 2.62. The number of hydrogen-bond donors (Lipinski definition) is 3. The fourth-order valence-electron chi connectivity index (χ4n) is 2.07. The van der Waals surface area contributed by atoms with Crippen LogP contribution in [0.4, 0.5) is 37.7 Å². The zero-order valence-corrected chi connectivity index (χ0v) is 16.9. The van der Waals surface area contributed by atoms with Gasteiger partial charge in [0.1, 0.15) is 0 Å². The van der Waals surface area contributed by atoms with Crippen LogP contribution in [-0.2, 0) is 4.79 Å². The molecule has 2 aromatic rings. The topological polar surface area (TPSA) is 78.4 Å². The molecule has 0 aliphatic rings. The lowest BCUT2D eigenvalue weighted by Gasteiger charge is -2.25. The van der Waals surface area contributed by atoms with E-state index in [0.29, 0.717) is 0 Å². The van der Waals surface area contributed by atoms with Crippen LogP contribution in [0.2, 0.25) is 5.02 Å². The maximum atomic E-state index is 12.7. The summed E-state index contributed by atoms with van der Waals surface area (Å²) in [5.74, 6) is -2.48. The van der Waals surface area contributed by atoms with Gasteiger partial charge in [-0.3, -0.25) is 9.59 Å². The van der Waals surface area contributed by atoms with Gasteiger partial charge < -0.3 is 15.7 Å². The van der Waals surface area contributed by atoms with Crippen molar-refractivity contribution in [3.05, 3.63) is 53.1 Å². The Hall–Kier alpha value is -2.44. The third-order valence-corrected chi connectivity index (χ3v) is 4.87. The first-order valence-electron chi connectivity index (χ1n) is 8.17. The van der Waals surface area contributed by atoms with Gasteiger partial charge in [-0.05, 0) is 61.2 Å². The van der Waals surface area contributed by atoms with E-state index in [1.165, 1.54) is 12.1 Å². The maximum absolute atomic E-state index is 12.7. The van der Waals surface area contributed by atoms with E-state index in [9.17, 15) is 41.0 Å². The molecule has 0 aliphatic carbocycles. The quantitative estimate of drug-likeness (QED) is 0.387. The predicted molar refractivity (Wildman–Crippen MR) is 103 cm³/mol. The van der Waals surface area contributed by atoms with Crippen molar-refractivity contribution < 1.29 is 41.0 Å². The lowest BCUT2D eigenvalue weighted by Crippen LogP contribution is -2.52. The molecule has 2 amide bonds.